The highest BCUT2D eigenvalue weighted by molar-refractivity contribution is 7.99. The zero-order valence-electron chi connectivity index (χ0n) is 17.8. The lowest BCUT2D eigenvalue weighted by Gasteiger charge is -2.29. The van der Waals surface area contributed by atoms with Gasteiger partial charge in [-0.1, -0.05) is 12.1 Å². The predicted octanol–water partition coefficient (Wildman–Crippen LogP) is 3.43. The molecule has 0 saturated heterocycles. The van der Waals surface area contributed by atoms with Crippen LogP contribution in [0.5, 0.6) is 17.2 Å². The van der Waals surface area contributed by atoms with Crippen molar-refractivity contribution in [2.24, 2.45) is 0 Å². The van der Waals surface area contributed by atoms with E-state index in [9.17, 15) is 9.59 Å². The average molecular weight is 457 g/mol. The molecule has 0 spiro atoms. The zero-order chi connectivity index (χ0) is 22.5. The first-order chi connectivity index (χ1) is 15.6. The van der Waals surface area contributed by atoms with Gasteiger partial charge in [0.2, 0.25) is 0 Å². The molecule has 2 aromatic rings. The summed E-state index contributed by atoms with van der Waals surface area (Å²) in [5.41, 5.74) is 1.64. The molecular weight excluding hydrogens is 432 g/mol. The van der Waals surface area contributed by atoms with Crippen molar-refractivity contribution in [1.29, 1.82) is 0 Å². The zero-order valence-corrected chi connectivity index (χ0v) is 18.6. The third-order valence-electron chi connectivity index (χ3n) is 4.99. The lowest BCUT2D eigenvalue weighted by molar-refractivity contribution is -0.139. The Balaban J connectivity index is 1.63. The van der Waals surface area contributed by atoms with Crippen LogP contribution in [-0.4, -0.2) is 44.7 Å². The molecule has 0 fully saturated rings. The molecule has 32 heavy (non-hydrogen) atoms. The quantitative estimate of drug-likeness (QED) is 0.487. The molecule has 2 N–H and O–H groups in total. The summed E-state index contributed by atoms with van der Waals surface area (Å²) in [6, 6.07) is 11.9. The van der Waals surface area contributed by atoms with E-state index in [1.807, 2.05) is 30.3 Å². The van der Waals surface area contributed by atoms with Crippen molar-refractivity contribution in [2.75, 3.05) is 32.7 Å². The number of rotatable bonds is 7. The van der Waals surface area contributed by atoms with Gasteiger partial charge in [-0.3, -0.25) is 0 Å². The van der Waals surface area contributed by atoms with Gasteiger partial charge in [0.25, 0.3) is 0 Å². The molecule has 2 amide bonds. The number of urea groups is 1. The fourth-order valence-electron chi connectivity index (χ4n) is 3.50. The number of carbonyl (C=O) groups excluding carboxylic acids is 2. The van der Waals surface area contributed by atoms with E-state index < -0.39 is 12.0 Å². The summed E-state index contributed by atoms with van der Waals surface area (Å²) in [4.78, 5) is 26.2. The minimum atomic E-state index is -0.635. The number of methoxy groups -OCH3 is 1. The van der Waals surface area contributed by atoms with E-state index in [-0.39, 0.29) is 12.6 Å². The molecule has 0 bridgehead atoms. The number of thioether (sulfide) groups is 1. The molecule has 2 aliphatic rings. The fourth-order valence-corrected chi connectivity index (χ4v) is 4.39. The Hall–Kier alpha value is -3.33. The normalized spacial score (nSPS) is 17.3. The van der Waals surface area contributed by atoms with Crippen LogP contribution in [0.2, 0.25) is 0 Å². The Labute approximate surface area is 190 Å². The van der Waals surface area contributed by atoms with E-state index in [0.29, 0.717) is 47.5 Å². The van der Waals surface area contributed by atoms with Gasteiger partial charge in [0.1, 0.15) is 19.0 Å². The largest absolute Gasteiger partial charge is 0.497 e. The Morgan fingerprint density at radius 1 is 1.12 bits per heavy atom. The van der Waals surface area contributed by atoms with Gasteiger partial charge in [-0.15, -0.1) is 11.8 Å². The van der Waals surface area contributed by atoms with Gasteiger partial charge in [0.05, 0.1) is 25.3 Å². The molecule has 2 heterocycles. The van der Waals surface area contributed by atoms with Gasteiger partial charge < -0.3 is 29.6 Å². The minimum Gasteiger partial charge on any atom is -0.497 e. The second-order valence-corrected chi connectivity index (χ2v) is 8.06. The first-order valence-electron chi connectivity index (χ1n) is 10.2. The maximum atomic E-state index is 12.9. The molecule has 4 rings (SSSR count). The van der Waals surface area contributed by atoms with Crippen molar-refractivity contribution in [3.63, 3.8) is 0 Å². The summed E-state index contributed by atoms with van der Waals surface area (Å²) in [7, 11) is 1.58. The van der Waals surface area contributed by atoms with Crippen molar-refractivity contribution in [3.8, 4) is 17.2 Å². The van der Waals surface area contributed by atoms with E-state index >= 15 is 0 Å². The number of hydrogen-bond acceptors (Lipinski definition) is 7. The van der Waals surface area contributed by atoms with Gasteiger partial charge in [-0.05, 0) is 42.8 Å². The highest BCUT2D eigenvalue weighted by Gasteiger charge is 2.33. The van der Waals surface area contributed by atoms with E-state index in [4.69, 9.17) is 18.9 Å². The highest BCUT2D eigenvalue weighted by atomic mass is 32.2. The summed E-state index contributed by atoms with van der Waals surface area (Å²) >= 11 is 1.48. The summed E-state index contributed by atoms with van der Waals surface area (Å²) in [6.07, 6.45) is 0. The lowest BCUT2D eigenvalue weighted by Crippen LogP contribution is -2.46. The molecule has 1 unspecified atom stereocenters. The second-order valence-electron chi connectivity index (χ2n) is 7.01. The first-order valence-corrected chi connectivity index (χ1v) is 11.2. The predicted molar refractivity (Wildman–Crippen MR) is 119 cm³/mol. The lowest BCUT2D eigenvalue weighted by atomic mass is 9.95. The summed E-state index contributed by atoms with van der Waals surface area (Å²) < 4.78 is 21.7. The average Bonchev–Trinajstić information content (AvgIpc) is 2.82. The van der Waals surface area contributed by atoms with E-state index in [2.05, 4.69) is 10.6 Å². The fraction of sp³-hybridized carbons (Fsp3) is 0.304. The molecule has 0 saturated carbocycles. The maximum Gasteiger partial charge on any atom is 0.338 e. The van der Waals surface area contributed by atoms with Crippen molar-refractivity contribution >= 4 is 23.8 Å². The van der Waals surface area contributed by atoms with Gasteiger partial charge in [-0.2, -0.15) is 0 Å². The van der Waals surface area contributed by atoms with Gasteiger partial charge in [-0.25, -0.2) is 9.59 Å². The van der Waals surface area contributed by atoms with Gasteiger partial charge >= 0.3 is 12.0 Å². The molecular formula is C23H24N2O6S. The third-order valence-corrected chi connectivity index (χ3v) is 6.02. The van der Waals surface area contributed by atoms with Crippen molar-refractivity contribution in [3.05, 3.63) is 59.3 Å². The van der Waals surface area contributed by atoms with Crippen LogP contribution in [0.3, 0.4) is 0 Å². The Bertz CT molecular complexity index is 1040. The van der Waals surface area contributed by atoms with Crippen molar-refractivity contribution in [1.82, 2.24) is 10.6 Å². The number of esters is 1. The first kappa shape index (κ1) is 21.9. The summed E-state index contributed by atoms with van der Waals surface area (Å²) in [6.45, 7) is 3.01. The molecule has 2 aliphatic heterocycles. The third kappa shape index (κ3) is 4.77. The minimum absolute atomic E-state index is 0.230. The number of hydrogen-bond donors (Lipinski definition) is 2. The number of nitrogens with one attached hydrogen (secondary N) is 2. The van der Waals surface area contributed by atoms with E-state index in [0.717, 1.165) is 10.5 Å². The van der Waals surface area contributed by atoms with Crippen LogP contribution < -0.4 is 24.8 Å². The number of ether oxygens (including phenoxy) is 4. The maximum absolute atomic E-state index is 12.9. The van der Waals surface area contributed by atoms with E-state index in [1.54, 1.807) is 26.2 Å². The molecule has 0 aliphatic carbocycles. The van der Waals surface area contributed by atoms with Crippen LogP contribution in [0.15, 0.2) is 58.6 Å². The SMILES string of the molecule is CCOC(=O)C1=C(CSc2ccc3c(c2)OCCO3)NC(=O)NC1c1ccc(OC)cc1. The van der Waals surface area contributed by atoms with Crippen LogP contribution in [0.4, 0.5) is 4.79 Å². The highest BCUT2D eigenvalue weighted by Crippen LogP contribution is 2.36. The van der Waals surface area contributed by atoms with Gasteiger partial charge in [0.15, 0.2) is 11.5 Å². The van der Waals surface area contributed by atoms with E-state index in [1.165, 1.54) is 11.8 Å². The van der Waals surface area contributed by atoms with Crippen LogP contribution in [-0.2, 0) is 9.53 Å². The topological polar surface area (TPSA) is 95.1 Å². The second kappa shape index (κ2) is 9.86. The number of amides is 2. The van der Waals surface area contributed by atoms with Gasteiger partial charge in [0, 0.05) is 16.3 Å². The molecule has 9 heteroatoms. The molecule has 0 aromatic heterocycles. The Morgan fingerprint density at radius 2 is 1.88 bits per heavy atom. The molecule has 1 atom stereocenters. The smallest absolute Gasteiger partial charge is 0.338 e. The van der Waals surface area contributed by atoms with Crippen LogP contribution in [0.25, 0.3) is 0 Å². The van der Waals surface area contributed by atoms with Crippen molar-refractivity contribution in [2.45, 2.75) is 17.9 Å². The Kier molecular flexibility index (Phi) is 6.75. The van der Waals surface area contributed by atoms with Crippen molar-refractivity contribution < 1.29 is 28.5 Å². The van der Waals surface area contributed by atoms with Crippen LogP contribution >= 0.6 is 11.8 Å². The van der Waals surface area contributed by atoms with Crippen LogP contribution in [0.1, 0.15) is 18.5 Å². The monoisotopic (exact) mass is 456 g/mol. The summed E-state index contributed by atoms with van der Waals surface area (Å²) in [5, 5.41) is 5.62. The molecule has 2 aromatic carbocycles. The number of fused-ring (bicyclic) bond motifs is 1. The summed E-state index contributed by atoms with van der Waals surface area (Å²) in [5.74, 6) is 1.98. The Morgan fingerprint density at radius 3 is 2.59 bits per heavy atom. The number of carbonyl (C=O) groups is 2. The number of benzene rings is 2. The van der Waals surface area contributed by atoms with Crippen LogP contribution in [0, 0.1) is 0 Å². The standard InChI is InChI=1S/C23H24N2O6S/c1-3-29-22(26)20-17(13-32-16-8-9-18-19(12-16)31-11-10-30-18)24-23(27)25-21(20)14-4-6-15(28-2)7-5-14/h4-9,12,21H,3,10-11,13H2,1-2H3,(H2,24,25,27). The molecule has 0 radical (unpaired) electrons. The molecule has 168 valence electrons. The molecule has 8 nitrogen and oxygen atoms in total.